The molecule has 2 N–H and O–H groups in total. The van der Waals surface area contributed by atoms with Gasteiger partial charge in [0, 0.05) is 5.69 Å². The number of para-hydroxylation sites is 1. The van der Waals surface area contributed by atoms with Gasteiger partial charge in [0.05, 0.1) is 17.8 Å². The third-order valence-electron chi connectivity index (χ3n) is 4.12. The van der Waals surface area contributed by atoms with Crippen LogP contribution in [0.25, 0.3) is 0 Å². The number of alkyl halides is 3. The van der Waals surface area contributed by atoms with Crippen LogP contribution < -0.4 is 10.6 Å². The second kappa shape index (κ2) is 5.90. The molecule has 2 heterocycles. The van der Waals surface area contributed by atoms with E-state index in [0.717, 1.165) is 11.6 Å². The highest BCUT2D eigenvalue weighted by Crippen LogP contribution is 2.35. The van der Waals surface area contributed by atoms with Crippen LogP contribution in [0.1, 0.15) is 29.9 Å². The number of carbonyl (C=O) groups is 1. The van der Waals surface area contributed by atoms with Gasteiger partial charge in [-0.2, -0.15) is 13.2 Å². The molecular weight excluding hydrogens is 319 g/mol. The molecule has 1 amide bonds. The van der Waals surface area contributed by atoms with E-state index in [1.54, 1.807) is 19.1 Å². The van der Waals surface area contributed by atoms with Crippen molar-refractivity contribution in [3.05, 3.63) is 59.4 Å². The molecule has 1 aliphatic heterocycles. The van der Waals surface area contributed by atoms with Crippen LogP contribution >= 0.6 is 0 Å². The van der Waals surface area contributed by atoms with Crippen LogP contribution in [0.4, 0.5) is 18.9 Å². The third kappa shape index (κ3) is 2.87. The molecule has 0 radical (unpaired) electrons. The molecule has 24 heavy (non-hydrogen) atoms. The molecule has 1 aromatic carbocycles. The molecule has 0 spiro atoms. The summed E-state index contributed by atoms with van der Waals surface area (Å²) in [5.74, 6) is -0.319. The molecule has 0 unspecified atom stereocenters. The average Bonchev–Trinajstić information content (AvgIpc) is 2.55. The summed E-state index contributed by atoms with van der Waals surface area (Å²) in [4.78, 5) is 17.7. The molecule has 1 aromatic heterocycles. The maximum Gasteiger partial charge on any atom is 0.433 e. The minimum atomic E-state index is -4.53. The summed E-state index contributed by atoms with van der Waals surface area (Å²) in [5.41, 5.74) is 6.65. The van der Waals surface area contributed by atoms with Crippen molar-refractivity contribution in [1.82, 2.24) is 4.98 Å². The van der Waals surface area contributed by atoms with Crippen LogP contribution in [0.5, 0.6) is 0 Å². The highest BCUT2D eigenvalue weighted by molar-refractivity contribution is 6.00. The first kappa shape index (κ1) is 16.4. The van der Waals surface area contributed by atoms with Crippen LogP contribution in [0.15, 0.2) is 42.5 Å². The SMILES string of the molecule is C[C@@H](c1cccc(C(F)(F)F)n1)N1C(=O)[C@H](N)Cc2ccccc21. The van der Waals surface area contributed by atoms with E-state index in [0.29, 0.717) is 12.1 Å². The number of benzene rings is 1. The van der Waals surface area contributed by atoms with E-state index in [2.05, 4.69) is 4.98 Å². The van der Waals surface area contributed by atoms with Gasteiger partial charge in [0.15, 0.2) is 0 Å². The number of fused-ring (bicyclic) bond motifs is 1. The lowest BCUT2D eigenvalue weighted by Crippen LogP contribution is -2.49. The standard InChI is InChI=1S/C17H16F3N3O/c1-10(13-6-4-8-15(22-13)17(18,19)20)23-14-7-3-2-5-11(14)9-12(21)16(23)24/h2-8,10,12H,9,21H2,1H3/t10-,12+/m0/s1. The van der Waals surface area contributed by atoms with E-state index in [1.807, 2.05) is 12.1 Å². The van der Waals surface area contributed by atoms with Gasteiger partial charge in [-0.25, -0.2) is 4.98 Å². The van der Waals surface area contributed by atoms with Crippen LogP contribution in [-0.2, 0) is 17.4 Å². The molecule has 2 atom stereocenters. The number of halogens is 3. The second-order valence-electron chi connectivity index (χ2n) is 5.77. The van der Waals surface area contributed by atoms with Crippen LogP contribution in [0.3, 0.4) is 0 Å². The molecule has 3 rings (SSSR count). The molecule has 2 aromatic rings. The highest BCUT2D eigenvalue weighted by Gasteiger charge is 2.36. The number of hydrogen-bond acceptors (Lipinski definition) is 3. The maximum absolute atomic E-state index is 12.9. The molecule has 0 saturated heterocycles. The summed E-state index contributed by atoms with van der Waals surface area (Å²) in [7, 11) is 0. The van der Waals surface area contributed by atoms with Gasteiger partial charge in [-0.05, 0) is 37.1 Å². The van der Waals surface area contributed by atoms with Gasteiger partial charge in [-0.1, -0.05) is 24.3 Å². The van der Waals surface area contributed by atoms with E-state index >= 15 is 0 Å². The molecule has 0 fully saturated rings. The maximum atomic E-state index is 12.9. The van der Waals surface area contributed by atoms with E-state index < -0.39 is 24.0 Å². The van der Waals surface area contributed by atoms with Gasteiger partial charge < -0.3 is 10.6 Å². The van der Waals surface area contributed by atoms with Crippen LogP contribution in [0.2, 0.25) is 0 Å². The van der Waals surface area contributed by atoms with Crippen LogP contribution in [-0.4, -0.2) is 16.9 Å². The van der Waals surface area contributed by atoms with Gasteiger partial charge in [-0.3, -0.25) is 4.79 Å². The second-order valence-corrected chi connectivity index (χ2v) is 5.77. The molecular formula is C17H16F3N3O. The normalized spacial score (nSPS) is 19.1. The first-order chi connectivity index (χ1) is 11.3. The number of amides is 1. The lowest BCUT2D eigenvalue weighted by atomic mass is 9.95. The van der Waals surface area contributed by atoms with E-state index in [4.69, 9.17) is 5.73 Å². The van der Waals surface area contributed by atoms with E-state index in [1.165, 1.54) is 17.0 Å². The summed E-state index contributed by atoms with van der Waals surface area (Å²) in [5, 5.41) is 0. The van der Waals surface area contributed by atoms with Gasteiger partial charge in [0.25, 0.3) is 0 Å². The fourth-order valence-electron chi connectivity index (χ4n) is 2.91. The zero-order valence-electron chi connectivity index (χ0n) is 12.9. The zero-order valence-corrected chi connectivity index (χ0v) is 12.9. The minimum absolute atomic E-state index is 0.169. The summed E-state index contributed by atoms with van der Waals surface area (Å²) >= 11 is 0. The predicted octanol–water partition coefficient (Wildman–Crippen LogP) is 3.08. The van der Waals surface area contributed by atoms with Crippen LogP contribution in [0, 0.1) is 0 Å². The summed E-state index contributed by atoms with van der Waals surface area (Å²) in [6.45, 7) is 1.65. The van der Waals surface area contributed by atoms with Crippen molar-refractivity contribution in [3.63, 3.8) is 0 Å². The Kier molecular flexibility index (Phi) is 4.04. The van der Waals surface area contributed by atoms with Gasteiger partial charge in [0.1, 0.15) is 5.69 Å². The highest BCUT2D eigenvalue weighted by atomic mass is 19.4. The first-order valence-electron chi connectivity index (χ1n) is 7.49. The molecule has 4 nitrogen and oxygen atoms in total. The third-order valence-corrected chi connectivity index (χ3v) is 4.12. The van der Waals surface area contributed by atoms with Gasteiger partial charge in [-0.15, -0.1) is 0 Å². The monoisotopic (exact) mass is 335 g/mol. The number of aromatic nitrogens is 1. The Bertz CT molecular complexity index is 776. The summed E-state index contributed by atoms with van der Waals surface area (Å²) in [6, 6.07) is 9.56. The molecule has 1 aliphatic rings. The smallest absolute Gasteiger partial charge is 0.320 e. The Morgan fingerprint density at radius 2 is 1.92 bits per heavy atom. The number of anilines is 1. The van der Waals surface area contributed by atoms with Crippen molar-refractivity contribution < 1.29 is 18.0 Å². The van der Waals surface area contributed by atoms with Crippen molar-refractivity contribution in [3.8, 4) is 0 Å². The number of nitrogens with zero attached hydrogens (tertiary/aromatic N) is 2. The number of pyridine rings is 1. The Labute approximate surface area is 137 Å². The van der Waals surface area contributed by atoms with Crippen molar-refractivity contribution >= 4 is 11.6 Å². The van der Waals surface area contributed by atoms with Gasteiger partial charge in [0.2, 0.25) is 5.91 Å². The Hall–Kier alpha value is -2.41. The van der Waals surface area contributed by atoms with E-state index in [-0.39, 0.29) is 11.6 Å². The summed E-state index contributed by atoms with van der Waals surface area (Å²) < 4.78 is 38.7. The predicted molar refractivity (Wildman–Crippen MR) is 83.3 cm³/mol. The quantitative estimate of drug-likeness (QED) is 0.917. The molecule has 7 heteroatoms. The lowest BCUT2D eigenvalue weighted by molar-refractivity contribution is -0.141. The average molecular weight is 335 g/mol. The molecule has 0 aliphatic carbocycles. The number of rotatable bonds is 2. The fraction of sp³-hybridized carbons (Fsp3) is 0.294. The largest absolute Gasteiger partial charge is 0.433 e. The van der Waals surface area contributed by atoms with Gasteiger partial charge >= 0.3 is 6.18 Å². The topological polar surface area (TPSA) is 59.2 Å². The first-order valence-corrected chi connectivity index (χ1v) is 7.49. The number of nitrogens with two attached hydrogens (primary N) is 1. The van der Waals surface area contributed by atoms with E-state index in [9.17, 15) is 18.0 Å². The number of hydrogen-bond donors (Lipinski definition) is 1. The fourth-order valence-corrected chi connectivity index (χ4v) is 2.91. The molecule has 126 valence electrons. The zero-order chi connectivity index (χ0) is 17.5. The Morgan fingerprint density at radius 3 is 2.62 bits per heavy atom. The summed E-state index contributed by atoms with van der Waals surface area (Å²) in [6.07, 6.45) is -4.12. The molecule has 0 bridgehead atoms. The van der Waals surface area contributed by atoms with Crippen molar-refractivity contribution in [2.45, 2.75) is 31.6 Å². The Morgan fingerprint density at radius 1 is 1.21 bits per heavy atom. The Balaban J connectivity index is 2.03. The van der Waals surface area contributed by atoms with Crippen molar-refractivity contribution in [2.75, 3.05) is 4.90 Å². The minimum Gasteiger partial charge on any atom is -0.320 e. The number of carbonyl (C=O) groups excluding carboxylic acids is 1. The van der Waals surface area contributed by atoms with Crippen molar-refractivity contribution in [1.29, 1.82) is 0 Å². The molecule has 0 saturated carbocycles. The lowest BCUT2D eigenvalue weighted by Gasteiger charge is -2.36. The van der Waals surface area contributed by atoms with Crippen molar-refractivity contribution in [2.24, 2.45) is 5.73 Å².